The summed E-state index contributed by atoms with van der Waals surface area (Å²) in [7, 11) is 0. The van der Waals surface area contributed by atoms with Crippen LogP contribution in [0.3, 0.4) is 0 Å². The molecule has 0 saturated heterocycles. The van der Waals surface area contributed by atoms with Gasteiger partial charge in [-0.25, -0.2) is 9.67 Å². The number of hydrogen-bond acceptors (Lipinski definition) is 4. The molecule has 0 radical (unpaired) electrons. The summed E-state index contributed by atoms with van der Waals surface area (Å²) in [5.41, 5.74) is 0. The van der Waals surface area contributed by atoms with Gasteiger partial charge in [-0.3, -0.25) is 9.89 Å². The van der Waals surface area contributed by atoms with Crippen molar-refractivity contribution in [1.82, 2.24) is 25.0 Å². The Balaban J connectivity index is 1.91. The Morgan fingerprint density at radius 2 is 2.57 bits per heavy atom. The average Bonchev–Trinajstić information content (AvgIpc) is 2.76. The molecule has 0 aromatic carbocycles. The molecule has 0 aliphatic rings. The summed E-state index contributed by atoms with van der Waals surface area (Å²) >= 11 is 0. The van der Waals surface area contributed by atoms with Gasteiger partial charge >= 0.3 is 0 Å². The molecule has 0 aliphatic carbocycles. The summed E-state index contributed by atoms with van der Waals surface area (Å²) in [4.78, 5) is 15.1. The highest BCUT2D eigenvalue weighted by atomic mass is 16.2. The fraction of sp³-hybridized carbons (Fsp3) is 0.143. The van der Waals surface area contributed by atoms with Gasteiger partial charge in [-0.05, 0) is 0 Å². The number of H-pyrrole nitrogens is 1. The van der Waals surface area contributed by atoms with E-state index in [0.29, 0.717) is 5.82 Å². The van der Waals surface area contributed by atoms with E-state index in [9.17, 15) is 4.79 Å². The van der Waals surface area contributed by atoms with Crippen LogP contribution in [0.25, 0.3) is 0 Å². The van der Waals surface area contributed by atoms with Crippen molar-refractivity contribution < 1.29 is 4.79 Å². The minimum atomic E-state index is -0.181. The predicted molar refractivity (Wildman–Crippen MR) is 47.2 cm³/mol. The Bertz CT molecular complexity index is 354. The second kappa shape index (κ2) is 3.69. The van der Waals surface area contributed by atoms with Crippen LogP contribution in [0.2, 0.25) is 0 Å². The van der Waals surface area contributed by atoms with E-state index in [4.69, 9.17) is 0 Å². The van der Waals surface area contributed by atoms with Crippen LogP contribution in [-0.2, 0) is 11.3 Å². The number of hydrogen-bond donors (Lipinski definition) is 2. The van der Waals surface area contributed by atoms with E-state index in [-0.39, 0.29) is 12.5 Å². The standard InChI is InChI=1S/C7H8N6O/c14-7(3-13-5-8-4-10-13)11-6-1-2-9-12-6/h1-2,4-5H,3H2,(H2,9,11,12,14). The van der Waals surface area contributed by atoms with Crippen LogP contribution in [-0.4, -0.2) is 30.9 Å². The maximum atomic E-state index is 11.3. The number of carbonyl (C=O) groups is 1. The average molecular weight is 192 g/mol. The summed E-state index contributed by atoms with van der Waals surface area (Å²) in [5, 5.41) is 12.7. The van der Waals surface area contributed by atoms with Gasteiger partial charge in [0.2, 0.25) is 5.91 Å². The highest BCUT2D eigenvalue weighted by Crippen LogP contribution is 1.98. The summed E-state index contributed by atoms with van der Waals surface area (Å²) < 4.78 is 1.44. The normalized spacial score (nSPS) is 10.0. The summed E-state index contributed by atoms with van der Waals surface area (Å²) in [6.07, 6.45) is 4.42. The molecule has 2 N–H and O–H groups in total. The number of amides is 1. The summed E-state index contributed by atoms with van der Waals surface area (Å²) in [6.45, 7) is 0.138. The largest absolute Gasteiger partial charge is 0.309 e. The second-order valence-corrected chi connectivity index (χ2v) is 2.61. The van der Waals surface area contributed by atoms with Gasteiger partial charge in [-0.15, -0.1) is 0 Å². The molecule has 0 aliphatic heterocycles. The highest BCUT2D eigenvalue weighted by Gasteiger charge is 2.03. The van der Waals surface area contributed by atoms with Crippen LogP contribution in [0.4, 0.5) is 5.82 Å². The van der Waals surface area contributed by atoms with E-state index in [1.54, 1.807) is 12.3 Å². The molecule has 7 nitrogen and oxygen atoms in total. The molecule has 2 heterocycles. The molecule has 0 atom stereocenters. The van der Waals surface area contributed by atoms with Gasteiger partial charge in [0.15, 0.2) is 0 Å². The molecule has 72 valence electrons. The highest BCUT2D eigenvalue weighted by molar-refractivity contribution is 5.89. The Kier molecular flexibility index (Phi) is 2.22. The molecular weight excluding hydrogens is 184 g/mol. The molecule has 2 aromatic rings. The van der Waals surface area contributed by atoms with Crippen LogP contribution in [0, 0.1) is 0 Å². The smallest absolute Gasteiger partial charge is 0.247 e. The van der Waals surface area contributed by atoms with Crippen LogP contribution in [0.1, 0.15) is 0 Å². The van der Waals surface area contributed by atoms with Gasteiger partial charge in [0, 0.05) is 6.07 Å². The summed E-state index contributed by atoms with van der Waals surface area (Å²) in [6, 6.07) is 1.67. The van der Waals surface area contributed by atoms with Gasteiger partial charge in [0.25, 0.3) is 0 Å². The monoisotopic (exact) mass is 192 g/mol. The molecule has 1 amide bonds. The van der Waals surface area contributed by atoms with E-state index in [1.807, 2.05) is 0 Å². The fourth-order valence-electron chi connectivity index (χ4n) is 0.977. The number of nitrogens with one attached hydrogen (secondary N) is 2. The van der Waals surface area contributed by atoms with Crippen LogP contribution >= 0.6 is 0 Å². The molecule has 14 heavy (non-hydrogen) atoms. The van der Waals surface area contributed by atoms with Crippen molar-refractivity contribution in [2.75, 3.05) is 5.32 Å². The fourth-order valence-corrected chi connectivity index (χ4v) is 0.977. The van der Waals surface area contributed by atoms with Crippen molar-refractivity contribution in [3.8, 4) is 0 Å². The van der Waals surface area contributed by atoms with Gasteiger partial charge in [0.1, 0.15) is 25.0 Å². The third-order valence-corrected chi connectivity index (χ3v) is 1.55. The zero-order valence-electron chi connectivity index (χ0n) is 7.21. The third-order valence-electron chi connectivity index (χ3n) is 1.55. The quantitative estimate of drug-likeness (QED) is 0.695. The van der Waals surface area contributed by atoms with Gasteiger partial charge < -0.3 is 5.32 Å². The van der Waals surface area contributed by atoms with Gasteiger partial charge in [-0.1, -0.05) is 0 Å². The van der Waals surface area contributed by atoms with Crippen LogP contribution in [0.15, 0.2) is 24.9 Å². The lowest BCUT2D eigenvalue weighted by Crippen LogP contribution is -2.19. The van der Waals surface area contributed by atoms with E-state index >= 15 is 0 Å². The molecule has 0 unspecified atom stereocenters. The molecule has 0 fully saturated rings. The molecule has 2 aromatic heterocycles. The van der Waals surface area contributed by atoms with Crippen molar-refractivity contribution in [3.63, 3.8) is 0 Å². The number of rotatable bonds is 3. The van der Waals surface area contributed by atoms with Gasteiger partial charge in [0.05, 0.1) is 6.20 Å². The van der Waals surface area contributed by atoms with E-state index in [0.717, 1.165) is 0 Å². The van der Waals surface area contributed by atoms with Crippen LogP contribution in [0.5, 0.6) is 0 Å². The topological polar surface area (TPSA) is 88.5 Å². The van der Waals surface area contributed by atoms with Crippen molar-refractivity contribution in [2.45, 2.75) is 6.54 Å². The Morgan fingerprint density at radius 1 is 1.64 bits per heavy atom. The van der Waals surface area contributed by atoms with Crippen molar-refractivity contribution in [1.29, 1.82) is 0 Å². The second-order valence-electron chi connectivity index (χ2n) is 2.61. The zero-order valence-corrected chi connectivity index (χ0v) is 7.21. The minimum Gasteiger partial charge on any atom is -0.309 e. The van der Waals surface area contributed by atoms with E-state index < -0.39 is 0 Å². The van der Waals surface area contributed by atoms with Gasteiger partial charge in [-0.2, -0.15) is 10.2 Å². The lowest BCUT2D eigenvalue weighted by molar-refractivity contribution is -0.116. The molecule has 0 bridgehead atoms. The first-order valence-electron chi connectivity index (χ1n) is 3.96. The minimum absolute atomic E-state index is 0.138. The maximum absolute atomic E-state index is 11.3. The number of aromatic amines is 1. The van der Waals surface area contributed by atoms with Crippen LogP contribution < -0.4 is 5.32 Å². The number of nitrogens with zero attached hydrogens (tertiary/aromatic N) is 4. The molecule has 7 heteroatoms. The number of anilines is 1. The lowest BCUT2D eigenvalue weighted by Gasteiger charge is -2.00. The first kappa shape index (κ1) is 8.42. The SMILES string of the molecule is O=C(Cn1cncn1)Nc1ccn[nH]1. The van der Waals surface area contributed by atoms with Crippen molar-refractivity contribution in [3.05, 3.63) is 24.9 Å². The molecular formula is C7H8N6O. The predicted octanol–water partition coefficient (Wildman–Crippen LogP) is -0.360. The maximum Gasteiger partial charge on any atom is 0.247 e. The first-order valence-corrected chi connectivity index (χ1v) is 3.96. The van der Waals surface area contributed by atoms with Crippen molar-refractivity contribution >= 4 is 11.7 Å². The van der Waals surface area contributed by atoms with E-state index in [2.05, 4.69) is 25.6 Å². The Hall–Kier alpha value is -2.18. The number of aromatic nitrogens is 5. The molecule has 2 rings (SSSR count). The number of carbonyl (C=O) groups excluding carboxylic acids is 1. The lowest BCUT2D eigenvalue weighted by atomic mass is 10.5. The Labute approximate surface area is 79.2 Å². The van der Waals surface area contributed by atoms with E-state index in [1.165, 1.54) is 17.3 Å². The summed E-state index contributed by atoms with van der Waals surface area (Å²) in [5.74, 6) is 0.384. The molecule has 0 saturated carbocycles. The molecule has 0 spiro atoms. The third kappa shape index (κ3) is 1.94. The van der Waals surface area contributed by atoms with Crippen molar-refractivity contribution in [2.24, 2.45) is 0 Å². The first-order chi connectivity index (χ1) is 6.84. The zero-order chi connectivity index (χ0) is 9.80. The Morgan fingerprint density at radius 3 is 3.21 bits per heavy atom.